The lowest BCUT2D eigenvalue weighted by molar-refractivity contribution is -0.166. The van der Waals surface area contributed by atoms with Crippen LogP contribution in [0.1, 0.15) is 78.6 Å². The normalized spacial score (nSPS) is 57.0. The zero-order valence-electron chi connectivity index (χ0n) is 15.6. The lowest BCUT2D eigenvalue weighted by Crippen LogP contribution is -2.57. The van der Waals surface area contributed by atoms with Crippen LogP contribution in [0.25, 0.3) is 0 Å². The molecule has 0 aromatic carbocycles. The van der Waals surface area contributed by atoms with Crippen LogP contribution in [0.15, 0.2) is 0 Å². The Hall–Kier alpha value is -0.410. The van der Waals surface area contributed by atoms with E-state index in [-0.39, 0.29) is 22.7 Å². The summed E-state index contributed by atoms with van der Waals surface area (Å²) in [5, 5.41) is 21.3. The second kappa shape index (κ2) is 5.30. The predicted molar refractivity (Wildman–Crippen MR) is 93.4 cm³/mol. The van der Waals surface area contributed by atoms with Gasteiger partial charge in [-0.1, -0.05) is 13.8 Å². The molecule has 0 aliphatic heterocycles. The van der Waals surface area contributed by atoms with Gasteiger partial charge >= 0.3 is 0 Å². The van der Waals surface area contributed by atoms with Crippen molar-refractivity contribution in [3.05, 3.63) is 0 Å². The molecule has 2 N–H and O–H groups in total. The van der Waals surface area contributed by atoms with Gasteiger partial charge in [0, 0.05) is 0 Å². The van der Waals surface area contributed by atoms with Crippen molar-refractivity contribution >= 4 is 5.78 Å². The summed E-state index contributed by atoms with van der Waals surface area (Å²) >= 11 is 0. The van der Waals surface area contributed by atoms with E-state index < -0.39 is 5.60 Å². The molecule has 0 radical (unpaired) electrons. The number of rotatable bonds is 1. The van der Waals surface area contributed by atoms with Crippen molar-refractivity contribution in [2.75, 3.05) is 0 Å². The quantitative estimate of drug-likeness (QED) is 0.768. The van der Waals surface area contributed by atoms with E-state index in [0.29, 0.717) is 24.7 Å². The van der Waals surface area contributed by atoms with Crippen molar-refractivity contribution in [3.8, 4) is 0 Å². The standard InChI is InChI=1S/C21H34O3/c1-13(22)21(24)11-10-19(2)14(12-21)4-5-15-16-6-7-18(23)20(16,3)9-8-17(15)19/h14-18,23-24H,4-12H2,1-3H3/t14-,15-,16-,17-,18-,19-,20-,21-/m0/s1. The summed E-state index contributed by atoms with van der Waals surface area (Å²) in [6, 6.07) is 0. The van der Waals surface area contributed by atoms with Crippen LogP contribution in [-0.2, 0) is 4.79 Å². The smallest absolute Gasteiger partial charge is 0.161 e. The molecule has 4 aliphatic carbocycles. The molecule has 0 aromatic rings. The highest BCUT2D eigenvalue weighted by Gasteiger charge is 2.61. The number of hydrogen-bond acceptors (Lipinski definition) is 3. The number of carbonyl (C=O) groups is 1. The minimum Gasteiger partial charge on any atom is -0.393 e. The third kappa shape index (κ3) is 2.13. The third-order valence-electron chi connectivity index (χ3n) is 9.33. The molecule has 4 aliphatic rings. The molecule has 4 fully saturated rings. The summed E-state index contributed by atoms with van der Waals surface area (Å²) in [6.07, 6.45) is 9.12. The van der Waals surface area contributed by atoms with Crippen molar-refractivity contribution in [1.29, 1.82) is 0 Å². The van der Waals surface area contributed by atoms with Gasteiger partial charge in [0.1, 0.15) is 5.60 Å². The average molecular weight is 335 g/mol. The number of fused-ring (bicyclic) bond motifs is 5. The zero-order valence-corrected chi connectivity index (χ0v) is 15.6. The van der Waals surface area contributed by atoms with Crippen LogP contribution in [0.2, 0.25) is 0 Å². The second-order valence-corrected chi connectivity index (χ2v) is 10.1. The molecule has 24 heavy (non-hydrogen) atoms. The Balaban J connectivity index is 1.60. The summed E-state index contributed by atoms with van der Waals surface area (Å²) in [7, 11) is 0. The van der Waals surface area contributed by atoms with E-state index in [0.717, 1.165) is 37.5 Å². The highest BCUT2D eigenvalue weighted by atomic mass is 16.3. The Morgan fingerprint density at radius 1 is 0.917 bits per heavy atom. The van der Waals surface area contributed by atoms with Gasteiger partial charge < -0.3 is 10.2 Å². The van der Waals surface area contributed by atoms with Crippen molar-refractivity contribution < 1.29 is 15.0 Å². The first-order chi connectivity index (χ1) is 11.2. The zero-order chi connectivity index (χ0) is 17.3. The molecule has 4 rings (SSSR count). The van der Waals surface area contributed by atoms with E-state index in [1.54, 1.807) is 6.92 Å². The number of hydrogen-bond donors (Lipinski definition) is 2. The number of carbonyl (C=O) groups excluding carboxylic acids is 1. The maximum Gasteiger partial charge on any atom is 0.161 e. The number of Topliss-reactive ketones (excluding diaryl/α,β-unsaturated/α-hetero) is 1. The van der Waals surface area contributed by atoms with Gasteiger partial charge in [0.25, 0.3) is 0 Å². The van der Waals surface area contributed by atoms with Gasteiger partial charge in [0.15, 0.2) is 5.78 Å². The van der Waals surface area contributed by atoms with E-state index in [4.69, 9.17) is 0 Å². The van der Waals surface area contributed by atoms with Crippen LogP contribution in [0, 0.1) is 34.5 Å². The Kier molecular flexibility index (Phi) is 3.76. The highest BCUT2D eigenvalue weighted by Crippen LogP contribution is 2.66. The molecule has 3 heteroatoms. The van der Waals surface area contributed by atoms with Gasteiger partial charge in [-0.25, -0.2) is 0 Å². The fraction of sp³-hybridized carbons (Fsp3) is 0.952. The first-order valence-corrected chi connectivity index (χ1v) is 10.1. The molecule has 0 heterocycles. The van der Waals surface area contributed by atoms with Crippen molar-refractivity contribution in [1.82, 2.24) is 0 Å². The molecule has 0 amide bonds. The minimum absolute atomic E-state index is 0.0400. The maximum absolute atomic E-state index is 11.9. The molecule has 4 saturated carbocycles. The van der Waals surface area contributed by atoms with Gasteiger partial charge in [0.05, 0.1) is 6.10 Å². The summed E-state index contributed by atoms with van der Waals surface area (Å²) < 4.78 is 0. The molecule has 0 saturated heterocycles. The molecule has 0 bridgehead atoms. The number of ketones is 1. The topological polar surface area (TPSA) is 57.5 Å². The molecule has 0 unspecified atom stereocenters. The summed E-state index contributed by atoms with van der Waals surface area (Å²) in [5.74, 6) is 2.58. The molecule has 136 valence electrons. The van der Waals surface area contributed by atoms with Crippen LogP contribution < -0.4 is 0 Å². The summed E-state index contributed by atoms with van der Waals surface area (Å²) in [4.78, 5) is 11.9. The van der Waals surface area contributed by atoms with Crippen molar-refractivity contribution in [2.24, 2.45) is 34.5 Å². The molecule has 0 aromatic heterocycles. The summed E-state index contributed by atoms with van der Waals surface area (Å²) in [5.41, 5.74) is -0.650. The number of aliphatic hydroxyl groups excluding tert-OH is 1. The van der Waals surface area contributed by atoms with E-state index in [9.17, 15) is 15.0 Å². The van der Waals surface area contributed by atoms with Crippen LogP contribution in [0.5, 0.6) is 0 Å². The maximum atomic E-state index is 11.9. The Labute approximate surface area is 146 Å². The lowest BCUT2D eigenvalue weighted by atomic mass is 9.44. The van der Waals surface area contributed by atoms with E-state index in [2.05, 4.69) is 13.8 Å². The van der Waals surface area contributed by atoms with Gasteiger partial charge in [-0.2, -0.15) is 0 Å². The molecule has 0 spiro atoms. The molecule has 3 nitrogen and oxygen atoms in total. The monoisotopic (exact) mass is 334 g/mol. The summed E-state index contributed by atoms with van der Waals surface area (Å²) in [6.45, 7) is 6.33. The fourth-order valence-electron chi connectivity index (χ4n) is 7.54. The van der Waals surface area contributed by atoms with E-state index >= 15 is 0 Å². The van der Waals surface area contributed by atoms with Crippen molar-refractivity contribution in [3.63, 3.8) is 0 Å². The van der Waals surface area contributed by atoms with Gasteiger partial charge in [-0.3, -0.25) is 4.79 Å². The van der Waals surface area contributed by atoms with E-state index in [1.807, 2.05) is 0 Å². The second-order valence-electron chi connectivity index (χ2n) is 10.1. The highest BCUT2D eigenvalue weighted by molar-refractivity contribution is 5.84. The van der Waals surface area contributed by atoms with Crippen LogP contribution in [-0.4, -0.2) is 27.7 Å². The van der Waals surface area contributed by atoms with Crippen molar-refractivity contribution in [2.45, 2.75) is 90.3 Å². The van der Waals surface area contributed by atoms with Gasteiger partial charge in [-0.15, -0.1) is 0 Å². The average Bonchev–Trinajstić information content (AvgIpc) is 2.84. The Morgan fingerprint density at radius 3 is 2.33 bits per heavy atom. The largest absolute Gasteiger partial charge is 0.393 e. The Bertz CT molecular complexity index is 545. The molecule has 8 atom stereocenters. The molecular weight excluding hydrogens is 300 g/mol. The third-order valence-corrected chi connectivity index (χ3v) is 9.33. The SMILES string of the molecule is CC(=O)[C@]1(O)CC[C@@]2(C)[C@@H](CC[C@@H]3[C@@H]2CC[C@]2(C)[C@@H](O)CC[C@@H]32)C1. The van der Waals surface area contributed by atoms with Crippen LogP contribution in [0.3, 0.4) is 0 Å². The first-order valence-electron chi connectivity index (χ1n) is 10.1. The van der Waals surface area contributed by atoms with Gasteiger partial charge in [0.2, 0.25) is 0 Å². The predicted octanol–water partition coefficient (Wildman–Crippen LogP) is 3.71. The first kappa shape index (κ1) is 17.0. The number of aliphatic hydroxyl groups is 2. The minimum atomic E-state index is -1.07. The lowest BCUT2D eigenvalue weighted by Gasteiger charge is -2.61. The van der Waals surface area contributed by atoms with E-state index in [1.165, 1.54) is 19.3 Å². The molecular formula is C21H34O3. The van der Waals surface area contributed by atoms with Crippen LogP contribution >= 0.6 is 0 Å². The Morgan fingerprint density at radius 2 is 1.62 bits per heavy atom. The fourth-order valence-corrected chi connectivity index (χ4v) is 7.54. The van der Waals surface area contributed by atoms with Gasteiger partial charge in [-0.05, 0) is 99.2 Å². The van der Waals surface area contributed by atoms with Crippen LogP contribution in [0.4, 0.5) is 0 Å².